The Kier molecular flexibility index (Phi) is 4.05. The number of benzene rings is 1. The molecule has 1 unspecified atom stereocenters. The summed E-state index contributed by atoms with van der Waals surface area (Å²) in [4.78, 5) is 23.2. The second-order valence-electron chi connectivity index (χ2n) is 4.31. The third-order valence-electron chi connectivity index (χ3n) is 2.94. The summed E-state index contributed by atoms with van der Waals surface area (Å²) in [7, 11) is 1.66. The molecule has 1 N–H and O–H groups in total. The minimum Gasteiger partial charge on any atom is -0.464 e. The lowest BCUT2D eigenvalue weighted by Crippen LogP contribution is -2.20. The second kappa shape index (κ2) is 5.75. The number of carbonyl (C=O) groups excluding carboxylic acids is 1. The van der Waals surface area contributed by atoms with Gasteiger partial charge in [0.15, 0.2) is 6.10 Å². The van der Waals surface area contributed by atoms with E-state index in [4.69, 9.17) is 4.74 Å². The summed E-state index contributed by atoms with van der Waals surface area (Å²) >= 11 is 0. The minimum absolute atomic E-state index is 0.163. The highest BCUT2D eigenvalue weighted by Gasteiger charge is 2.18. The molecule has 1 aromatic heterocycles. The molecule has 106 valence electrons. The number of aryl methyl sites for hydroxylation is 1. The second-order valence-corrected chi connectivity index (χ2v) is 4.31. The van der Waals surface area contributed by atoms with Crippen molar-refractivity contribution < 1.29 is 14.6 Å². The van der Waals surface area contributed by atoms with Crippen LogP contribution in [0.2, 0.25) is 0 Å². The zero-order chi connectivity index (χ0) is 14.7. The lowest BCUT2D eigenvalue weighted by molar-refractivity contribution is -0.153. The van der Waals surface area contributed by atoms with Gasteiger partial charge in [0.2, 0.25) is 0 Å². The van der Waals surface area contributed by atoms with Crippen molar-refractivity contribution in [3.63, 3.8) is 0 Å². The van der Waals surface area contributed by atoms with Gasteiger partial charge >= 0.3 is 11.7 Å². The molecule has 20 heavy (non-hydrogen) atoms. The number of imidazole rings is 1. The van der Waals surface area contributed by atoms with E-state index in [2.05, 4.69) is 0 Å². The Morgan fingerprint density at radius 2 is 1.95 bits per heavy atom. The Bertz CT molecular complexity index is 655. The van der Waals surface area contributed by atoms with E-state index in [0.717, 1.165) is 0 Å². The molecule has 0 aliphatic rings. The van der Waals surface area contributed by atoms with Gasteiger partial charge in [-0.3, -0.25) is 4.57 Å². The standard InChI is InChI=1S/C14H16N2O4/c1-3-20-13(18)12(17)10-4-6-11(7-5-10)16-9-8-15(2)14(16)19/h4-9,12,17H,3H2,1-2H3. The molecule has 0 saturated carbocycles. The number of aliphatic hydroxyl groups is 1. The van der Waals surface area contributed by atoms with Gasteiger partial charge < -0.3 is 14.4 Å². The number of nitrogens with zero attached hydrogens (tertiary/aromatic N) is 2. The highest BCUT2D eigenvalue weighted by Crippen LogP contribution is 2.16. The highest BCUT2D eigenvalue weighted by molar-refractivity contribution is 5.76. The minimum atomic E-state index is -1.31. The molecule has 6 nitrogen and oxygen atoms in total. The summed E-state index contributed by atoms with van der Waals surface area (Å²) in [6, 6.07) is 6.52. The molecular weight excluding hydrogens is 260 g/mol. The molecule has 2 aromatic rings. The van der Waals surface area contributed by atoms with Crippen molar-refractivity contribution in [2.24, 2.45) is 7.05 Å². The van der Waals surface area contributed by atoms with Crippen LogP contribution in [0.5, 0.6) is 0 Å². The van der Waals surface area contributed by atoms with Gasteiger partial charge in [0.25, 0.3) is 0 Å². The van der Waals surface area contributed by atoms with Gasteiger partial charge in [-0.2, -0.15) is 0 Å². The SMILES string of the molecule is CCOC(=O)C(O)c1ccc(-n2ccn(C)c2=O)cc1. The molecule has 2 rings (SSSR count). The number of carbonyl (C=O) groups is 1. The van der Waals surface area contributed by atoms with E-state index in [-0.39, 0.29) is 12.3 Å². The first-order chi connectivity index (χ1) is 9.54. The van der Waals surface area contributed by atoms with Crippen molar-refractivity contribution in [2.45, 2.75) is 13.0 Å². The summed E-state index contributed by atoms with van der Waals surface area (Å²) in [6.07, 6.45) is 2.00. The van der Waals surface area contributed by atoms with Gasteiger partial charge in [-0.25, -0.2) is 9.59 Å². The Morgan fingerprint density at radius 1 is 1.30 bits per heavy atom. The largest absolute Gasteiger partial charge is 0.464 e. The number of rotatable bonds is 4. The molecule has 1 aromatic carbocycles. The molecule has 0 fully saturated rings. The first-order valence-electron chi connectivity index (χ1n) is 6.23. The Labute approximate surface area is 115 Å². The predicted octanol–water partition coefficient (Wildman–Crippen LogP) is 0.773. The van der Waals surface area contributed by atoms with Gasteiger partial charge in [0, 0.05) is 19.4 Å². The van der Waals surface area contributed by atoms with Gasteiger partial charge in [-0.15, -0.1) is 0 Å². The van der Waals surface area contributed by atoms with E-state index in [1.165, 1.54) is 9.13 Å². The van der Waals surface area contributed by atoms with E-state index >= 15 is 0 Å². The van der Waals surface area contributed by atoms with Crippen molar-refractivity contribution in [2.75, 3.05) is 6.61 Å². The Morgan fingerprint density at radius 3 is 2.45 bits per heavy atom. The zero-order valence-corrected chi connectivity index (χ0v) is 11.3. The van der Waals surface area contributed by atoms with Crippen molar-refractivity contribution in [1.29, 1.82) is 0 Å². The molecule has 0 saturated heterocycles. The summed E-state index contributed by atoms with van der Waals surface area (Å²) in [6.45, 7) is 1.89. The molecule has 0 amide bonds. The number of ether oxygens (including phenoxy) is 1. The van der Waals surface area contributed by atoms with Crippen LogP contribution in [0.3, 0.4) is 0 Å². The fraction of sp³-hybridized carbons (Fsp3) is 0.286. The van der Waals surface area contributed by atoms with Crippen LogP contribution in [-0.4, -0.2) is 26.8 Å². The van der Waals surface area contributed by atoms with E-state index in [1.54, 1.807) is 50.6 Å². The number of esters is 1. The average Bonchev–Trinajstić information content (AvgIpc) is 2.79. The molecule has 1 heterocycles. The maximum absolute atomic E-state index is 11.8. The third-order valence-corrected chi connectivity index (χ3v) is 2.94. The van der Waals surface area contributed by atoms with Crippen LogP contribution in [0, 0.1) is 0 Å². The van der Waals surface area contributed by atoms with Crippen LogP contribution in [0.15, 0.2) is 41.5 Å². The molecule has 1 atom stereocenters. The molecule has 0 radical (unpaired) electrons. The highest BCUT2D eigenvalue weighted by atomic mass is 16.5. The van der Waals surface area contributed by atoms with Crippen molar-refractivity contribution >= 4 is 5.97 Å². The third kappa shape index (κ3) is 2.65. The topological polar surface area (TPSA) is 73.5 Å². The monoisotopic (exact) mass is 276 g/mol. The van der Waals surface area contributed by atoms with Crippen LogP contribution in [0.25, 0.3) is 5.69 Å². The van der Waals surface area contributed by atoms with Crippen LogP contribution < -0.4 is 5.69 Å². The maximum atomic E-state index is 11.8. The predicted molar refractivity (Wildman–Crippen MR) is 72.6 cm³/mol. The van der Waals surface area contributed by atoms with Crippen molar-refractivity contribution in [3.8, 4) is 5.69 Å². The smallest absolute Gasteiger partial charge is 0.339 e. The van der Waals surface area contributed by atoms with E-state index < -0.39 is 12.1 Å². The van der Waals surface area contributed by atoms with Crippen LogP contribution in [-0.2, 0) is 16.6 Å². The number of hydrogen-bond donors (Lipinski definition) is 1. The summed E-state index contributed by atoms with van der Waals surface area (Å²) < 4.78 is 7.68. The fourth-order valence-electron chi connectivity index (χ4n) is 1.84. The number of aliphatic hydroxyl groups excluding tert-OH is 1. The molecule has 0 aliphatic heterocycles. The quantitative estimate of drug-likeness (QED) is 0.837. The van der Waals surface area contributed by atoms with Crippen molar-refractivity contribution in [3.05, 3.63) is 52.7 Å². The molecular formula is C14H16N2O4. The van der Waals surface area contributed by atoms with E-state index in [9.17, 15) is 14.7 Å². The summed E-state index contributed by atoms with van der Waals surface area (Å²) in [5.74, 6) is -0.683. The van der Waals surface area contributed by atoms with Gasteiger partial charge in [0.05, 0.1) is 12.3 Å². The van der Waals surface area contributed by atoms with E-state index in [1.807, 2.05) is 0 Å². The number of aromatic nitrogens is 2. The van der Waals surface area contributed by atoms with Crippen molar-refractivity contribution in [1.82, 2.24) is 9.13 Å². The summed E-state index contributed by atoms with van der Waals surface area (Å²) in [5, 5.41) is 9.79. The van der Waals surface area contributed by atoms with Gasteiger partial charge in [-0.1, -0.05) is 12.1 Å². The van der Waals surface area contributed by atoms with E-state index in [0.29, 0.717) is 11.3 Å². The Hall–Kier alpha value is -2.34. The number of hydrogen-bond acceptors (Lipinski definition) is 4. The zero-order valence-electron chi connectivity index (χ0n) is 11.3. The van der Waals surface area contributed by atoms with Crippen LogP contribution in [0.1, 0.15) is 18.6 Å². The molecule has 0 bridgehead atoms. The maximum Gasteiger partial charge on any atom is 0.339 e. The lowest BCUT2D eigenvalue weighted by atomic mass is 10.1. The lowest BCUT2D eigenvalue weighted by Gasteiger charge is -2.10. The first-order valence-corrected chi connectivity index (χ1v) is 6.23. The van der Waals surface area contributed by atoms with Crippen LogP contribution >= 0.6 is 0 Å². The first kappa shape index (κ1) is 14.1. The van der Waals surface area contributed by atoms with Gasteiger partial charge in [0.1, 0.15) is 0 Å². The Balaban J connectivity index is 2.24. The average molecular weight is 276 g/mol. The molecule has 0 spiro atoms. The molecule has 0 aliphatic carbocycles. The van der Waals surface area contributed by atoms with Crippen LogP contribution in [0.4, 0.5) is 0 Å². The fourth-order valence-corrected chi connectivity index (χ4v) is 1.84. The normalized spacial score (nSPS) is 12.2. The van der Waals surface area contributed by atoms with Gasteiger partial charge in [-0.05, 0) is 24.6 Å². The molecule has 6 heteroatoms. The summed E-state index contributed by atoms with van der Waals surface area (Å²) in [5.41, 5.74) is 0.926.